The van der Waals surface area contributed by atoms with Crippen molar-refractivity contribution in [1.82, 2.24) is 14.8 Å². The molecule has 2 aromatic rings. The normalized spacial score (nSPS) is 18.5. The number of hydrogen-bond donors (Lipinski definition) is 1. The lowest BCUT2D eigenvalue weighted by Gasteiger charge is -2.15. The van der Waals surface area contributed by atoms with Crippen molar-refractivity contribution in [3.8, 4) is 11.5 Å². The van der Waals surface area contributed by atoms with E-state index in [9.17, 15) is 13.2 Å². The summed E-state index contributed by atoms with van der Waals surface area (Å²) in [5.74, 6) is 0.604. The average molecular weight is 353 g/mol. The Morgan fingerprint density at radius 1 is 1.38 bits per heavy atom. The number of carbonyl (C=O) groups excluding carboxylic acids is 1. The second kappa shape index (κ2) is 6.40. The van der Waals surface area contributed by atoms with E-state index in [0.717, 1.165) is 6.42 Å². The Balaban J connectivity index is 1.72. The van der Waals surface area contributed by atoms with Gasteiger partial charge in [0, 0.05) is 31.6 Å². The summed E-state index contributed by atoms with van der Waals surface area (Å²) in [4.78, 5) is 13.5. The highest BCUT2D eigenvalue weighted by Crippen LogP contribution is 2.25. The topological polar surface area (TPSA) is 106 Å². The smallest absolute Gasteiger partial charge is 0.274 e. The zero-order chi connectivity index (χ0) is 17.3. The van der Waals surface area contributed by atoms with Gasteiger partial charge in [-0.1, -0.05) is 12.1 Å². The molecule has 0 spiro atoms. The fraction of sp³-hybridized carbons (Fsp3) is 0.467. The van der Waals surface area contributed by atoms with Crippen LogP contribution in [0.3, 0.4) is 0 Å². The van der Waals surface area contributed by atoms with Crippen LogP contribution in [0.5, 0.6) is 0 Å². The van der Waals surface area contributed by atoms with Crippen molar-refractivity contribution < 1.29 is 22.2 Å². The summed E-state index contributed by atoms with van der Waals surface area (Å²) in [7, 11) is -3.84. The van der Waals surface area contributed by atoms with Crippen LogP contribution in [0.1, 0.15) is 25.5 Å². The molecule has 0 aliphatic carbocycles. The lowest BCUT2D eigenvalue weighted by Crippen LogP contribution is -2.37. The van der Waals surface area contributed by atoms with Crippen molar-refractivity contribution in [2.75, 3.05) is 13.1 Å². The molecule has 24 heavy (non-hydrogen) atoms. The first-order chi connectivity index (χ1) is 11.4. The number of nitrogens with zero attached hydrogens (tertiary/aromatic N) is 2. The number of likely N-dealkylation sites (tertiary alicyclic amines) is 1. The number of aromatic nitrogens is 1. The highest BCUT2D eigenvalue weighted by Gasteiger charge is 2.33. The van der Waals surface area contributed by atoms with E-state index in [0.29, 0.717) is 24.5 Å². The Labute approximate surface area is 139 Å². The van der Waals surface area contributed by atoms with Gasteiger partial charge in [-0.05, 0) is 25.5 Å². The summed E-state index contributed by atoms with van der Waals surface area (Å²) in [5, 5.41) is 3.52. The lowest BCUT2D eigenvalue weighted by molar-refractivity contribution is -0.127. The number of sulfonamides is 1. The van der Waals surface area contributed by atoms with Gasteiger partial charge in [0.1, 0.15) is 0 Å². The molecular formula is C15H19N3O5S. The molecule has 1 aliphatic rings. The Bertz CT molecular complexity index is 839. The first-order valence-electron chi connectivity index (χ1n) is 7.72. The highest BCUT2D eigenvalue weighted by atomic mass is 32.2. The van der Waals surface area contributed by atoms with Crippen molar-refractivity contribution in [1.29, 1.82) is 0 Å². The van der Waals surface area contributed by atoms with Gasteiger partial charge in [-0.2, -0.15) is 0 Å². The second-order valence-electron chi connectivity index (χ2n) is 5.81. The predicted octanol–water partition coefficient (Wildman–Crippen LogP) is 1.53. The van der Waals surface area contributed by atoms with Crippen molar-refractivity contribution in [3.63, 3.8) is 0 Å². The average Bonchev–Trinajstić information content (AvgIpc) is 3.20. The molecule has 0 aromatic carbocycles. The Hall–Kier alpha value is -2.13. The fourth-order valence-corrected chi connectivity index (χ4v) is 3.85. The Morgan fingerprint density at radius 3 is 2.83 bits per heavy atom. The third-order valence-electron chi connectivity index (χ3n) is 3.75. The largest absolute Gasteiger partial charge is 0.440 e. The monoisotopic (exact) mass is 353 g/mol. The zero-order valence-electron chi connectivity index (χ0n) is 13.5. The molecule has 0 radical (unpaired) electrons. The molecule has 1 atom stereocenters. The highest BCUT2D eigenvalue weighted by molar-refractivity contribution is 7.89. The minimum atomic E-state index is -3.84. The third-order valence-corrected chi connectivity index (χ3v) is 5.14. The molecule has 9 heteroatoms. The van der Waals surface area contributed by atoms with Crippen LogP contribution in [-0.2, 0) is 14.8 Å². The molecule has 2 aromatic heterocycles. The number of nitrogens with one attached hydrogen (secondary N) is 1. The fourth-order valence-electron chi connectivity index (χ4n) is 2.69. The summed E-state index contributed by atoms with van der Waals surface area (Å²) >= 11 is 0. The maximum atomic E-state index is 12.4. The van der Waals surface area contributed by atoms with Gasteiger partial charge in [0.05, 0.1) is 5.69 Å². The maximum Gasteiger partial charge on any atom is 0.274 e. The molecule has 1 fully saturated rings. The molecule has 3 heterocycles. The molecule has 0 bridgehead atoms. The predicted molar refractivity (Wildman–Crippen MR) is 84.5 cm³/mol. The number of amides is 1. The number of carbonyl (C=O) groups is 1. The van der Waals surface area contributed by atoms with E-state index < -0.39 is 16.1 Å². The van der Waals surface area contributed by atoms with Gasteiger partial charge in [0.2, 0.25) is 16.8 Å². The van der Waals surface area contributed by atoms with Crippen molar-refractivity contribution in [3.05, 3.63) is 23.9 Å². The molecule has 1 aliphatic heterocycles. The Kier molecular flexibility index (Phi) is 4.46. The molecule has 8 nitrogen and oxygen atoms in total. The van der Waals surface area contributed by atoms with E-state index in [-0.39, 0.29) is 23.2 Å². The van der Waals surface area contributed by atoms with Crippen molar-refractivity contribution in [2.24, 2.45) is 0 Å². The van der Waals surface area contributed by atoms with Crippen LogP contribution in [0.25, 0.3) is 11.5 Å². The molecule has 0 unspecified atom stereocenters. The van der Waals surface area contributed by atoms with Gasteiger partial charge in [-0.3, -0.25) is 4.79 Å². The third kappa shape index (κ3) is 3.36. The molecule has 1 amide bonds. The lowest BCUT2D eigenvalue weighted by atomic mass is 10.3. The summed E-state index contributed by atoms with van der Waals surface area (Å²) in [6.07, 6.45) is 0.997. The van der Waals surface area contributed by atoms with Gasteiger partial charge < -0.3 is 13.8 Å². The van der Waals surface area contributed by atoms with E-state index in [1.807, 2.05) is 6.92 Å². The summed E-state index contributed by atoms with van der Waals surface area (Å²) in [6.45, 7) is 4.74. The van der Waals surface area contributed by atoms with E-state index in [4.69, 9.17) is 8.94 Å². The minimum Gasteiger partial charge on any atom is -0.440 e. The molecular weight excluding hydrogens is 334 g/mol. The molecule has 1 N–H and O–H groups in total. The van der Waals surface area contributed by atoms with Crippen LogP contribution < -0.4 is 4.72 Å². The SMILES string of the molecule is CCCN1C[C@H](NS(=O)(=O)c2ccc(-c3cc(C)no3)o2)CC1=O. The number of aryl methyl sites for hydroxylation is 1. The standard InChI is InChI=1S/C15H19N3O5S/c1-3-6-18-9-11(8-14(18)19)17-24(20,21)15-5-4-12(22-15)13-7-10(2)16-23-13/h4-5,7,11,17H,3,6,8-9H2,1-2H3/t11-/m1/s1. The van der Waals surface area contributed by atoms with Gasteiger partial charge in [0.15, 0.2) is 5.76 Å². The number of furan rings is 1. The van der Waals surface area contributed by atoms with Crippen molar-refractivity contribution >= 4 is 15.9 Å². The Morgan fingerprint density at radius 2 is 2.17 bits per heavy atom. The van der Waals surface area contributed by atoms with E-state index in [1.165, 1.54) is 12.1 Å². The van der Waals surface area contributed by atoms with E-state index >= 15 is 0 Å². The molecule has 130 valence electrons. The van der Waals surface area contributed by atoms with Crippen LogP contribution in [-0.4, -0.2) is 43.5 Å². The first kappa shape index (κ1) is 16.7. The number of rotatable bonds is 6. The van der Waals surface area contributed by atoms with Gasteiger partial charge >= 0.3 is 0 Å². The van der Waals surface area contributed by atoms with Crippen LogP contribution in [0, 0.1) is 6.92 Å². The van der Waals surface area contributed by atoms with Crippen LogP contribution >= 0.6 is 0 Å². The van der Waals surface area contributed by atoms with Gasteiger partial charge in [-0.15, -0.1) is 0 Å². The molecule has 3 rings (SSSR count). The van der Waals surface area contributed by atoms with E-state index in [2.05, 4.69) is 9.88 Å². The number of hydrogen-bond acceptors (Lipinski definition) is 6. The summed E-state index contributed by atoms with van der Waals surface area (Å²) in [5.41, 5.74) is 0.671. The first-order valence-corrected chi connectivity index (χ1v) is 9.21. The summed E-state index contributed by atoms with van der Waals surface area (Å²) in [6, 6.07) is 4.07. The van der Waals surface area contributed by atoms with Crippen LogP contribution in [0.15, 0.2) is 32.2 Å². The quantitative estimate of drug-likeness (QED) is 0.844. The van der Waals surface area contributed by atoms with Gasteiger partial charge in [0.25, 0.3) is 10.0 Å². The van der Waals surface area contributed by atoms with Crippen LogP contribution in [0.2, 0.25) is 0 Å². The van der Waals surface area contributed by atoms with Crippen LogP contribution in [0.4, 0.5) is 0 Å². The molecule has 1 saturated heterocycles. The second-order valence-corrected chi connectivity index (χ2v) is 7.46. The van der Waals surface area contributed by atoms with Crippen molar-refractivity contribution in [2.45, 2.75) is 37.8 Å². The maximum absolute atomic E-state index is 12.4. The minimum absolute atomic E-state index is 0.0400. The zero-order valence-corrected chi connectivity index (χ0v) is 14.3. The van der Waals surface area contributed by atoms with E-state index in [1.54, 1.807) is 17.9 Å². The summed E-state index contributed by atoms with van der Waals surface area (Å²) < 4.78 is 37.8. The molecule has 0 saturated carbocycles. The van der Waals surface area contributed by atoms with Gasteiger partial charge in [-0.25, -0.2) is 13.1 Å².